The van der Waals surface area contributed by atoms with Crippen molar-refractivity contribution in [1.82, 2.24) is 25.5 Å². The van der Waals surface area contributed by atoms with Gasteiger partial charge in [-0.15, -0.1) is 0 Å². The third kappa shape index (κ3) is 5.71. The Morgan fingerprint density at radius 2 is 1.84 bits per heavy atom. The van der Waals surface area contributed by atoms with Crippen LogP contribution >= 0.6 is 0 Å². The summed E-state index contributed by atoms with van der Waals surface area (Å²) in [7, 11) is 1.25. The van der Waals surface area contributed by atoms with Gasteiger partial charge in [0.25, 0.3) is 5.69 Å². The van der Waals surface area contributed by atoms with Crippen LogP contribution in [-0.4, -0.2) is 71.6 Å². The molecular weight excluding hydrogens is 492 g/mol. The first-order chi connectivity index (χ1) is 18.3. The molecule has 0 saturated carbocycles. The highest BCUT2D eigenvalue weighted by Crippen LogP contribution is 2.40. The molecule has 3 heterocycles. The second kappa shape index (κ2) is 11.9. The largest absolute Gasteiger partial charge is 0.466 e. The molecule has 1 aromatic heterocycles. The number of rotatable bonds is 8. The first-order valence-corrected chi connectivity index (χ1v) is 12.2. The fourth-order valence-corrected chi connectivity index (χ4v) is 4.88. The van der Waals surface area contributed by atoms with Crippen LogP contribution in [0.4, 0.5) is 5.69 Å². The van der Waals surface area contributed by atoms with Crippen LogP contribution in [0.1, 0.15) is 37.2 Å². The first-order valence-electron chi connectivity index (χ1n) is 12.2. The van der Waals surface area contributed by atoms with E-state index < -0.39 is 22.8 Å². The number of ether oxygens (including phenoxy) is 2. The van der Waals surface area contributed by atoms with E-state index >= 15 is 0 Å². The third-order valence-corrected chi connectivity index (χ3v) is 6.65. The maximum absolute atomic E-state index is 13.5. The number of nitrogens with one attached hydrogen (secondary N) is 2. The molecule has 1 fully saturated rings. The molecule has 0 aliphatic carbocycles. The fourth-order valence-electron chi connectivity index (χ4n) is 4.88. The number of piperazine rings is 1. The zero-order valence-electron chi connectivity index (χ0n) is 21.5. The molecule has 12 heteroatoms. The van der Waals surface area contributed by atoms with Gasteiger partial charge in [-0.1, -0.05) is 12.1 Å². The molecule has 38 heavy (non-hydrogen) atoms. The molecule has 0 spiro atoms. The van der Waals surface area contributed by atoms with Gasteiger partial charge in [-0.2, -0.15) is 0 Å². The van der Waals surface area contributed by atoms with Crippen LogP contribution in [-0.2, 0) is 19.1 Å². The van der Waals surface area contributed by atoms with E-state index in [1.54, 1.807) is 38.4 Å². The number of nitro groups is 1. The van der Waals surface area contributed by atoms with Gasteiger partial charge in [0.15, 0.2) is 0 Å². The molecule has 0 bridgehead atoms. The van der Waals surface area contributed by atoms with Gasteiger partial charge in [0, 0.05) is 62.1 Å². The highest BCUT2D eigenvalue weighted by molar-refractivity contribution is 5.99. The lowest BCUT2D eigenvalue weighted by molar-refractivity contribution is -0.384. The smallest absolute Gasteiger partial charge is 0.336 e. The number of methoxy groups -OCH3 is 1. The van der Waals surface area contributed by atoms with Crippen molar-refractivity contribution >= 4 is 17.6 Å². The molecule has 2 aromatic rings. The summed E-state index contributed by atoms with van der Waals surface area (Å²) < 4.78 is 10.7. The predicted octanol–water partition coefficient (Wildman–Crippen LogP) is 1.98. The standard InChI is InChI=1S/C26H30N6O6/c1-16-21(25(33)37-3)23(18-6-4-7-19(14-18)32(35)36)22(17(2)30-16)26(34)38-13-12-31-11-10-27-15-20(31)24-28-8-5-9-29-24/h4-9,14,20,23,27,30H,10-13,15H2,1-3H3. The summed E-state index contributed by atoms with van der Waals surface area (Å²) in [6.45, 7) is 6.14. The second-order valence-corrected chi connectivity index (χ2v) is 8.98. The molecule has 1 aromatic carbocycles. The van der Waals surface area contributed by atoms with Crippen LogP contribution < -0.4 is 10.6 Å². The van der Waals surface area contributed by atoms with E-state index in [1.807, 2.05) is 0 Å². The number of hydrogen-bond donors (Lipinski definition) is 2. The third-order valence-electron chi connectivity index (χ3n) is 6.65. The molecule has 0 amide bonds. The van der Waals surface area contributed by atoms with Crippen LogP contribution in [0.25, 0.3) is 0 Å². The van der Waals surface area contributed by atoms with Crippen LogP contribution in [0.3, 0.4) is 0 Å². The number of aromatic nitrogens is 2. The van der Waals surface area contributed by atoms with E-state index in [0.717, 1.165) is 13.1 Å². The molecule has 12 nitrogen and oxygen atoms in total. The molecule has 200 valence electrons. The topological polar surface area (TPSA) is 149 Å². The minimum Gasteiger partial charge on any atom is -0.466 e. The molecule has 2 N–H and O–H groups in total. The number of benzene rings is 1. The SMILES string of the molecule is COC(=O)C1=C(C)NC(C)=C(C(=O)OCCN2CCNCC2c2ncccn2)C1c1cccc([N+](=O)[O-])c1. The number of nitro benzene ring substituents is 1. The second-order valence-electron chi connectivity index (χ2n) is 8.98. The van der Waals surface area contributed by atoms with Crippen LogP contribution in [0.5, 0.6) is 0 Å². The minimum atomic E-state index is -0.902. The summed E-state index contributed by atoms with van der Waals surface area (Å²) >= 11 is 0. The first kappa shape index (κ1) is 26.9. The minimum absolute atomic E-state index is 0.0601. The summed E-state index contributed by atoms with van der Waals surface area (Å²) in [5.41, 5.74) is 1.63. The molecule has 4 rings (SSSR count). The van der Waals surface area contributed by atoms with Crippen LogP contribution in [0, 0.1) is 10.1 Å². The lowest BCUT2D eigenvalue weighted by Gasteiger charge is -2.35. The number of dihydropyridines is 1. The van der Waals surface area contributed by atoms with Crippen molar-refractivity contribution in [1.29, 1.82) is 0 Å². The zero-order chi connectivity index (χ0) is 27.2. The zero-order valence-corrected chi connectivity index (χ0v) is 21.5. The monoisotopic (exact) mass is 522 g/mol. The van der Waals surface area contributed by atoms with Gasteiger partial charge in [-0.05, 0) is 25.5 Å². The Balaban J connectivity index is 1.57. The molecule has 2 unspecified atom stereocenters. The Hall–Kier alpha value is -4.16. The van der Waals surface area contributed by atoms with Crippen LogP contribution in [0.2, 0.25) is 0 Å². The van der Waals surface area contributed by atoms with Crippen molar-refractivity contribution in [2.24, 2.45) is 0 Å². The quantitative estimate of drug-likeness (QED) is 0.298. The normalized spacial score (nSPS) is 20.1. The van der Waals surface area contributed by atoms with Crippen molar-refractivity contribution in [3.8, 4) is 0 Å². The van der Waals surface area contributed by atoms with Crippen LogP contribution in [0.15, 0.2) is 65.3 Å². The van der Waals surface area contributed by atoms with Gasteiger partial charge in [0.2, 0.25) is 0 Å². The molecule has 2 aliphatic heterocycles. The number of non-ortho nitro benzene ring substituents is 1. The number of carbonyl (C=O) groups is 2. The van der Waals surface area contributed by atoms with E-state index in [4.69, 9.17) is 9.47 Å². The van der Waals surface area contributed by atoms with Gasteiger partial charge in [-0.3, -0.25) is 15.0 Å². The summed E-state index contributed by atoms with van der Waals surface area (Å²) in [5.74, 6) is -1.48. The number of allylic oxidation sites excluding steroid dienone is 2. The summed E-state index contributed by atoms with van der Waals surface area (Å²) in [6.07, 6.45) is 3.39. The van der Waals surface area contributed by atoms with Gasteiger partial charge < -0.3 is 20.1 Å². The Morgan fingerprint density at radius 1 is 1.13 bits per heavy atom. The predicted molar refractivity (Wildman–Crippen MR) is 137 cm³/mol. The highest BCUT2D eigenvalue weighted by atomic mass is 16.6. The Kier molecular flexibility index (Phi) is 8.44. The molecule has 0 radical (unpaired) electrons. The lowest BCUT2D eigenvalue weighted by Crippen LogP contribution is -2.47. The van der Waals surface area contributed by atoms with Crippen molar-refractivity contribution < 1.29 is 24.0 Å². The molecule has 2 atom stereocenters. The van der Waals surface area contributed by atoms with Gasteiger partial charge >= 0.3 is 11.9 Å². The summed E-state index contributed by atoms with van der Waals surface area (Å²) in [5, 5.41) is 17.8. The van der Waals surface area contributed by atoms with E-state index in [9.17, 15) is 19.7 Å². The molecule has 2 aliphatic rings. The number of carbonyl (C=O) groups excluding carboxylic acids is 2. The maximum Gasteiger partial charge on any atom is 0.336 e. The van der Waals surface area contributed by atoms with Gasteiger partial charge in [-0.25, -0.2) is 19.6 Å². The average molecular weight is 523 g/mol. The number of esters is 2. The highest BCUT2D eigenvalue weighted by Gasteiger charge is 2.38. The fraction of sp³-hybridized carbons (Fsp3) is 0.385. The van der Waals surface area contributed by atoms with Gasteiger partial charge in [0.1, 0.15) is 12.4 Å². The van der Waals surface area contributed by atoms with E-state index in [1.165, 1.54) is 25.3 Å². The molecular formula is C26H30N6O6. The van der Waals surface area contributed by atoms with Crippen molar-refractivity contribution in [3.05, 3.63) is 86.8 Å². The Labute approximate surface area is 219 Å². The van der Waals surface area contributed by atoms with Crippen molar-refractivity contribution in [3.63, 3.8) is 0 Å². The molecule has 1 saturated heterocycles. The van der Waals surface area contributed by atoms with Crippen molar-refractivity contribution in [2.45, 2.75) is 25.8 Å². The van der Waals surface area contributed by atoms with E-state index in [0.29, 0.717) is 35.9 Å². The lowest BCUT2D eigenvalue weighted by atomic mass is 9.80. The Bertz CT molecular complexity index is 1280. The Morgan fingerprint density at radius 3 is 2.53 bits per heavy atom. The summed E-state index contributed by atoms with van der Waals surface area (Å²) in [6, 6.07) is 7.58. The maximum atomic E-state index is 13.5. The summed E-state index contributed by atoms with van der Waals surface area (Å²) in [4.78, 5) is 48.1. The number of nitrogens with zero attached hydrogens (tertiary/aromatic N) is 4. The average Bonchev–Trinajstić information content (AvgIpc) is 2.93. The van der Waals surface area contributed by atoms with E-state index in [2.05, 4.69) is 25.5 Å². The van der Waals surface area contributed by atoms with E-state index in [-0.39, 0.29) is 29.5 Å². The number of hydrogen-bond acceptors (Lipinski definition) is 11. The van der Waals surface area contributed by atoms with Crippen molar-refractivity contribution in [2.75, 3.05) is 39.9 Å². The van der Waals surface area contributed by atoms with Gasteiger partial charge in [0.05, 0.1) is 35.1 Å².